The van der Waals surface area contributed by atoms with Gasteiger partial charge in [-0.1, -0.05) is 12.1 Å². The number of benzene rings is 1. The molecule has 0 fully saturated rings. The highest BCUT2D eigenvalue weighted by Crippen LogP contribution is 2.15. The van der Waals surface area contributed by atoms with E-state index in [1.807, 2.05) is 37.4 Å². The lowest BCUT2D eigenvalue weighted by Gasteiger charge is -2.17. The fourth-order valence-corrected chi connectivity index (χ4v) is 3.05. The molecule has 0 bridgehead atoms. The van der Waals surface area contributed by atoms with E-state index in [1.54, 1.807) is 30.7 Å². The molecule has 4 nitrogen and oxygen atoms in total. The molecule has 1 atom stereocenters. The van der Waals surface area contributed by atoms with Crippen molar-refractivity contribution in [1.82, 2.24) is 10.3 Å². The average Bonchev–Trinajstić information content (AvgIpc) is 2.97. The van der Waals surface area contributed by atoms with Crippen molar-refractivity contribution >= 4 is 17.2 Å². The van der Waals surface area contributed by atoms with Crippen LogP contribution in [0.5, 0.6) is 0 Å². The van der Waals surface area contributed by atoms with E-state index in [-0.39, 0.29) is 11.9 Å². The van der Waals surface area contributed by atoms with E-state index in [0.29, 0.717) is 12.0 Å². The second-order valence-electron chi connectivity index (χ2n) is 6.56. The summed E-state index contributed by atoms with van der Waals surface area (Å²) in [5, 5.41) is 12.8. The summed E-state index contributed by atoms with van der Waals surface area (Å²) in [7, 11) is 0. The highest BCUT2D eigenvalue weighted by molar-refractivity contribution is 7.09. The van der Waals surface area contributed by atoms with Gasteiger partial charge in [-0.15, -0.1) is 11.3 Å². The van der Waals surface area contributed by atoms with Crippen LogP contribution in [0.1, 0.15) is 48.0 Å². The molecule has 2 aromatic rings. The molecule has 1 amide bonds. The van der Waals surface area contributed by atoms with E-state index in [1.165, 1.54) is 0 Å². The third-order valence-corrected chi connectivity index (χ3v) is 4.38. The van der Waals surface area contributed by atoms with Crippen LogP contribution < -0.4 is 5.32 Å². The van der Waals surface area contributed by atoms with Crippen LogP contribution in [0.4, 0.5) is 0 Å². The number of carbonyl (C=O) groups excluding carboxylic acids is 1. The van der Waals surface area contributed by atoms with Crippen molar-refractivity contribution in [3.05, 3.63) is 52.0 Å². The monoisotopic (exact) mass is 332 g/mol. The maximum absolute atomic E-state index is 12.4. The molecule has 0 aliphatic heterocycles. The number of carbonyl (C=O) groups is 1. The van der Waals surface area contributed by atoms with Crippen LogP contribution in [0, 0.1) is 0 Å². The quantitative estimate of drug-likeness (QED) is 0.818. The van der Waals surface area contributed by atoms with Gasteiger partial charge in [-0.05, 0) is 51.3 Å². The largest absolute Gasteiger partial charge is 0.390 e. The van der Waals surface area contributed by atoms with Gasteiger partial charge in [-0.3, -0.25) is 9.78 Å². The SMILES string of the molecule is C[C@@H](Cc1cncs1)NC(=O)c1cccc(CCC(C)(C)O)c1. The zero-order valence-corrected chi connectivity index (χ0v) is 14.7. The number of aliphatic hydroxyl groups is 1. The first kappa shape index (κ1) is 17.6. The molecule has 124 valence electrons. The van der Waals surface area contributed by atoms with Crippen LogP contribution in [-0.2, 0) is 12.8 Å². The third-order valence-electron chi connectivity index (χ3n) is 3.58. The number of aromatic nitrogens is 1. The fourth-order valence-electron chi connectivity index (χ4n) is 2.32. The molecule has 2 N–H and O–H groups in total. The zero-order chi connectivity index (χ0) is 16.9. The molecule has 5 heteroatoms. The number of amides is 1. The van der Waals surface area contributed by atoms with Crippen LogP contribution in [0.25, 0.3) is 0 Å². The lowest BCUT2D eigenvalue weighted by Crippen LogP contribution is -2.33. The van der Waals surface area contributed by atoms with E-state index >= 15 is 0 Å². The molecular weight excluding hydrogens is 308 g/mol. The number of thiazole rings is 1. The summed E-state index contributed by atoms with van der Waals surface area (Å²) in [5.41, 5.74) is 2.83. The van der Waals surface area contributed by atoms with Crippen molar-refractivity contribution < 1.29 is 9.90 Å². The smallest absolute Gasteiger partial charge is 0.251 e. The Morgan fingerprint density at radius 3 is 2.87 bits per heavy atom. The Morgan fingerprint density at radius 1 is 1.43 bits per heavy atom. The first-order valence-electron chi connectivity index (χ1n) is 7.83. The van der Waals surface area contributed by atoms with Crippen LogP contribution in [0.2, 0.25) is 0 Å². The summed E-state index contributed by atoms with van der Waals surface area (Å²) >= 11 is 1.60. The van der Waals surface area contributed by atoms with Crippen LogP contribution >= 0.6 is 11.3 Å². The Bertz CT molecular complexity index is 633. The van der Waals surface area contributed by atoms with Crippen LogP contribution in [-0.4, -0.2) is 27.6 Å². The topological polar surface area (TPSA) is 62.2 Å². The standard InChI is InChI=1S/C18H24N2O2S/c1-13(9-16-11-19-12-23-16)20-17(21)15-6-4-5-14(10-15)7-8-18(2,3)22/h4-6,10-13,22H,7-9H2,1-3H3,(H,20,21)/t13-/m0/s1. The van der Waals surface area contributed by atoms with Gasteiger partial charge < -0.3 is 10.4 Å². The molecule has 1 aromatic heterocycles. The Labute approximate surface area is 141 Å². The predicted octanol–water partition coefficient (Wildman–Crippen LogP) is 3.21. The lowest BCUT2D eigenvalue weighted by molar-refractivity contribution is 0.0714. The minimum Gasteiger partial charge on any atom is -0.390 e. The summed E-state index contributed by atoms with van der Waals surface area (Å²) in [6, 6.07) is 7.66. The molecule has 0 saturated heterocycles. The number of rotatable bonds is 7. The third kappa shape index (κ3) is 6.12. The molecule has 1 aromatic carbocycles. The zero-order valence-electron chi connectivity index (χ0n) is 13.9. The molecule has 0 saturated carbocycles. The van der Waals surface area contributed by atoms with Gasteiger partial charge in [0.1, 0.15) is 0 Å². The van der Waals surface area contributed by atoms with Crippen molar-refractivity contribution in [2.24, 2.45) is 0 Å². The minimum absolute atomic E-state index is 0.0583. The molecular formula is C18H24N2O2S. The van der Waals surface area contributed by atoms with E-state index in [0.717, 1.165) is 23.3 Å². The van der Waals surface area contributed by atoms with Crippen molar-refractivity contribution in [1.29, 1.82) is 0 Å². The fraction of sp³-hybridized carbons (Fsp3) is 0.444. The number of nitrogens with one attached hydrogen (secondary N) is 1. The van der Waals surface area contributed by atoms with Gasteiger partial charge in [-0.2, -0.15) is 0 Å². The second kappa shape index (κ2) is 7.70. The first-order valence-corrected chi connectivity index (χ1v) is 8.71. The summed E-state index contributed by atoms with van der Waals surface area (Å²) < 4.78 is 0. The van der Waals surface area contributed by atoms with E-state index in [2.05, 4.69) is 10.3 Å². The molecule has 0 radical (unpaired) electrons. The number of nitrogens with zero attached hydrogens (tertiary/aromatic N) is 1. The summed E-state index contributed by atoms with van der Waals surface area (Å²) in [5.74, 6) is -0.0628. The number of hydrogen-bond donors (Lipinski definition) is 2. The van der Waals surface area contributed by atoms with E-state index in [9.17, 15) is 9.90 Å². The summed E-state index contributed by atoms with van der Waals surface area (Å²) in [6.07, 6.45) is 4.04. The maximum atomic E-state index is 12.4. The van der Waals surface area contributed by atoms with Gasteiger partial charge in [-0.25, -0.2) is 0 Å². The van der Waals surface area contributed by atoms with Gasteiger partial charge in [0.05, 0.1) is 11.1 Å². The van der Waals surface area contributed by atoms with Gasteiger partial charge in [0.15, 0.2) is 0 Å². The van der Waals surface area contributed by atoms with Crippen molar-refractivity contribution in [2.45, 2.75) is 51.7 Å². The molecule has 1 heterocycles. The molecule has 0 aliphatic rings. The highest BCUT2D eigenvalue weighted by atomic mass is 32.1. The van der Waals surface area contributed by atoms with Gasteiger partial charge in [0.25, 0.3) is 5.91 Å². The van der Waals surface area contributed by atoms with Gasteiger partial charge >= 0.3 is 0 Å². The molecule has 0 spiro atoms. The van der Waals surface area contributed by atoms with Gasteiger partial charge in [0.2, 0.25) is 0 Å². The van der Waals surface area contributed by atoms with Crippen LogP contribution in [0.15, 0.2) is 36.0 Å². The number of hydrogen-bond acceptors (Lipinski definition) is 4. The number of aryl methyl sites for hydroxylation is 1. The minimum atomic E-state index is -0.693. The predicted molar refractivity (Wildman–Crippen MR) is 93.8 cm³/mol. The van der Waals surface area contributed by atoms with Gasteiger partial charge in [0, 0.05) is 29.1 Å². The van der Waals surface area contributed by atoms with Crippen molar-refractivity contribution in [2.75, 3.05) is 0 Å². The van der Waals surface area contributed by atoms with Crippen LogP contribution in [0.3, 0.4) is 0 Å². The van der Waals surface area contributed by atoms with E-state index < -0.39 is 5.60 Å². The highest BCUT2D eigenvalue weighted by Gasteiger charge is 2.14. The molecule has 0 aliphatic carbocycles. The maximum Gasteiger partial charge on any atom is 0.251 e. The summed E-state index contributed by atoms with van der Waals surface area (Å²) in [6.45, 7) is 5.59. The molecule has 23 heavy (non-hydrogen) atoms. The second-order valence-corrected chi connectivity index (χ2v) is 7.53. The summed E-state index contributed by atoms with van der Waals surface area (Å²) in [4.78, 5) is 17.6. The lowest BCUT2D eigenvalue weighted by atomic mass is 9.98. The Morgan fingerprint density at radius 2 is 2.22 bits per heavy atom. The Hall–Kier alpha value is -1.72. The average molecular weight is 332 g/mol. The van der Waals surface area contributed by atoms with Crippen molar-refractivity contribution in [3.8, 4) is 0 Å². The van der Waals surface area contributed by atoms with Crippen molar-refractivity contribution in [3.63, 3.8) is 0 Å². The van der Waals surface area contributed by atoms with E-state index in [4.69, 9.17) is 0 Å². The molecule has 2 rings (SSSR count). The Balaban J connectivity index is 1.93. The molecule has 0 unspecified atom stereocenters. The normalized spacial score (nSPS) is 12.9. The first-order chi connectivity index (χ1) is 10.8. The Kier molecular flexibility index (Phi) is 5.91.